The Kier molecular flexibility index (Phi) is 5.53. The number of rotatable bonds is 5. The summed E-state index contributed by atoms with van der Waals surface area (Å²) in [5.41, 5.74) is 3.25. The molecule has 1 aromatic heterocycles. The lowest BCUT2D eigenvalue weighted by Gasteiger charge is -2.32. The molecule has 4 rings (SSSR count). The molecule has 5 nitrogen and oxygen atoms in total. The maximum Gasteiger partial charge on any atom is 0.227 e. The van der Waals surface area contributed by atoms with Crippen LogP contribution in [0.25, 0.3) is 11.3 Å². The fraction of sp³-hybridized carbons (Fsp3) is 0.304. The van der Waals surface area contributed by atoms with Gasteiger partial charge in [0.05, 0.1) is 24.6 Å². The van der Waals surface area contributed by atoms with Gasteiger partial charge in [-0.3, -0.25) is 4.79 Å². The zero-order valence-corrected chi connectivity index (χ0v) is 16.9. The molecule has 156 valence electrons. The smallest absolute Gasteiger partial charge is 0.227 e. The fourth-order valence-electron chi connectivity index (χ4n) is 3.86. The number of halogens is 2. The molecule has 0 unspecified atom stereocenters. The molecule has 1 aliphatic rings. The van der Waals surface area contributed by atoms with Crippen LogP contribution in [0, 0.1) is 18.6 Å². The van der Waals surface area contributed by atoms with E-state index in [0.717, 1.165) is 41.8 Å². The van der Waals surface area contributed by atoms with Crippen LogP contribution in [0.2, 0.25) is 0 Å². The highest BCUT2D eigenvalue weighted by Crippen LogP contribution is 2.38. The van der Waals surface area contributed by atoms with Gasteiger partial charge in [0.25, 0.3) is 0 Å². The Morgan fingerprint density at radius 3 is 2.87 bits per heavy atom. The zero-order valence-electron chi connectivity index (χ0n) is 16.9. The lowest BCUT2D eigenvalue weighted by Crippen LogP contribution is -2.36. The predicted molar refractivity (Wildman–Crippen MR) is 109 cm³/mol. The Morgan fingerprint density at radius 1 is 1.27 bits per heavy atom. The molecular weight excluding hydrogens is 390 g/mol. The number of hydrogen-bond acceptors (Lipinski definition) is 4. The lowest BCUT2D eigenvalue weighted by molar-refractivity contribution is -0.118. The second-order valence-corrected chi connectivity index (χ2v) is 7.30. The number of aryl methyl sites for hydroxylation is 2. The molecule has 2 aromatic carbocycles. The third kappa shape index (κ3) is 3.79. The van der Waals surface area contributed by atoms with Crippen molar-refractivity contribution in [2.75, 3.05) is 18.6 Å². The van der Waals surface area contributed by atoms with E-state index in [1.807, 2.05) is 19.1 Å². The molecule has 0 fully saturated rings. The van der Waals surface area contributed by atoms with Gasteiger partial charge >= 0.3 is 0 Å². The SMILES string of the molecule is COc1ccc(C)c2c1N(C(=O)CCc1ncc(-c3ccc(F)cc3F)o1)CCC2. The summed E-state index contributed by atoms with van der Waals surface area (Å²) in [6.45, 7) is 2.67. The van der Waals surface area contributed by atoms with Crippen LogP contribution in [0.3, 0.4) is 0 Å². The number of carbonyl (C=O) groups is 1. The van der Waals surface area contributed by atoms with Crippen LogP contribution in [0.4, 0.5) is 14.5 Å². The first-order valence-electron chi connectivity index (χ1n) is 9.85. The number of carbonyl (C=O) groups excluding carboxylic acids is 1. The summed E-state index contributed by atoms with van der Waals surface area (Å²) in [6.07, 6.45) is 3.66. The fourth-order valence-corrected chi connectivity index (χ4v) is 3.86. The van der Waals surface area contributed by atoms with Crippen LogP contribution in [0.1, 0.15) is 29.9 Å². The van der Waals surface area contributed by atoms with E-state index in [1.165, 1.54) is 12.3 Å². The Bertz CT molecular complexity index is 1090. The van der Waals surface area contributed by atoms with Gasteiger partial charge in [-0.05, 0) is 49.1 Å². The van der Waals surface area contributed by atoms with Crippen molar-refractivity contribution >= 4 is 11.6 Å². The second kappa shape index (κ2) is 8.26. The van der Waals surface area contributed by atoms with E-state index in [1.54, 1.807) is 12.0 Å². The quantitative estimate of drug-likeness (QED) is 0.601. The van der Waals surface area contributed by atoms with E-state index in [-0.39, 0.29) is 30.1 Å². The summed E-state index contributed by atoms with van der Waals surface area (Å²) < 4.78 is 38.1. The van der Waals surface area contributed by atoms with E-state index in [4.69, 9.17) is 9.15 Å². The monoisotopic (exact) mass is 412 g/mol. The summed E-state index contributed by atoms with van der Waals surface area (Å²) in [6, 6.07) is 7.16. The highest BCUT2D eigenvalue weighted by atomic mass is 19.1. The van der Waals surface area contributed by atoms with Gasteiger partial charge in [0.1, 0.15) is 17.4 Å². The topological polar surface area (TPSA) is 55.6 Å². The summed E-state index contributed by atoms with van der Waals surface area (Å²) in [7, 11) is 1.60. The molecule has 0 bridgehead atoms. The number of amides is 1. The minimum absolute atomic E-state index is 0.0486. The van der Waals surface area contributed by atoms with Crippen LogP contribution in [0.5, 0.6) is 5.75 Å². The Balaban J connectivity index is 1.49. The van der Waals surface area contributed by atoms with Crippen LogP contribution in [-0.2, 0) is 17.6 Å². The first-order chi connectivity index (χ1) is 14.5. The van der Waals surface area contributed by atoms with Crippen LogP contribution >= 0.6 is 0 Å². The van der Waals surface area contributed by atoms with Gasteiger partial charge in [0.15, 0.2) is 11.7 Å². The number of benzene rings is 2. The molecule has 0 N–H and O–H groups in total. The molecule has 0 radical (unpaired) electrons. The average molecular weight is 412 g/mol. The van der Waals surface area contributed by atoms with Gasteiger partial charge in [-0.15, -0.1) is 0 Å². The number of methoxy groups -OCH3 is 1. The largest absolute Gasteiger partial charge is 0.495 e. The molecule has 0 saturated carbocycles. The first-order valence-corrected chi connectivity index (χ1v) is 9.85. The molecule has 0 aliphatic carbocycles. The van der Waals surface area contributed by atoms with Crippen molar-refractivity contribution in [3.05, 3.63) is 65.2 Å². The average Bonchev–Trinajstić information content (AvgIpc) is 3.21. The minimum atomic E-state index is -0.721. The van der Waals surface area contributed by atoms with Gasteiger partial charge in [0.2, 0.25) is 5.91 Å². The molecule has 30 heavy (non-hydrogen) atoms. The number of hydrogen-bond donors (Lipinski definition) is 0. The second-order valence-electron chi connectivity index (χ2n) is 7.30. The highest BCUT2D eigenvalue weighted by molar-refractivity contribution is 5.96. The van der Waals surface area contributed by atoms with Gasteiger partial charge < -0.3 is 14.1 Å². The molecule has 3 aromatic rings. The van der Waals surface area contributed by atoms with Crippen molar-refractivity contribution in [2.45, 2.75) is 32.6 Å². The maximum absolute atomic E-state index is 13.9. The van der Waals surface area contributed by atoms with E-state index < -0.39 is 11.6 Å². The van der Waals surface area contributed by atoms with Crippen LogP contribution in [0.15, 0.2) is 40.9 Å². The van der Waals surface area contributed by atoms with Crippen molar-refractivity contribution in [3.63, 3.8) is 0 Å². The molecule has 1 aliphatic heterocycles. The number of nitrogens with zero attached hydrogens (tertiary/aromatic N) is 2. The van der Waals surface area contributed by atoms with Gasteiger partial charge in [-0.2, -0.15) is 0 Å². The van der Waals surface area contributed by atoms with E-state index >= 15 is 0 Å². The van der Waals surface area contributed by atoms with Crippen molar-refractivity contribution in [1.29, 1.82) is 0 Å². The van der Waals surface area contributed by atoms with Crippen molar-refractivity contribution < 1.29 is 22.7 Å². The molecule has 2 heterocycles. The first kappa shape index (κ1) is 20.1. The molecule has 0 saturated heterocycles. The number of oxazole rings is 1. The van der Waals surface area contributed by atoms with E-state index in [0.29, 0.717) is 18.2 Å². The maximum atomic E-state index is 13.9. The van der Waals surface area contributed by atoms with Crippen molar-refractivity contribution in [3.8, 4) is 17.1 Å². The summed E-state index contributed by atoms with van der Waals surface area (Å²) >= 11 is 0. The summed E-state index contributed by atoms with van der Waals surface area (Å²) in [4.78, 5) is 18.9. The number of ether oxygens (including phenoxy) is 1. The Hall–Kier alpha value is -3.22. The lowest BCUT2D eigenvalue weighted by atomic mass is 9.96. The molecular formula is C23H22F2N2O3. The molecule has 1 amide bonds. The minimum Gasteiger partial charge on any atom is -0.495 e. The van der Waals surface area contributed by atoms with Crippen molar-refractivity contribution in [2.24, 2.45) is 0 Å². The third-order valence-electron chi connectivity index (χ3n) is 5.38. The van der Waals surface area contributed by atoms with E-state index in [9.17, 15) is 13.6 Å². The van der Waals surface area contributed by atoms with Crippen molar-refractivity contribution in [1.82, 2.24) is 4.98 Å². The standard InChI is InChI=1S/C23H22F2N2O3/c1-14-5-8-19(29-2)23-16(14)4-3-11-27(23)22(28)10-9-21-26-13-20(30-21)17-7-6-15(24)12-18(17)25/h5-8,12-13H,3-4,9-11H2,1-2H3. The third-order valence-corrected chi connectivity index (χ3v) is 5.38. The van der Waals surface area contributed by atoms with E-state index in [2.05, 4.69) is 4.98 Å². The predicted octanol–water partition coefficient (Wildman–Crippen LogP) is 4.85. The molecule has 0 spiro atoms. The molecule has 7 heteroatoms. The number of aromatic nitrogens is 1. The highest BCUT2D eigenvalue weighted by Gasteiger charge is 2.27. The Morgan fingerprint density at radius 2 is 2.10 bits per heavy atom. The number of anilines is 1. The normalized spacial score (nSPS) is 13.3. The zero-order chi connectivity index (χ0) is 21.3. The van der Waals surface area contributed by atoms with Gasteiger partial charge in [-0.1, -0.05) is 6.07 Å². The summed E-state index contributed by atoms with van der Waals surface area (Å²) in [5, 5.41) is 0. The number of fused-ring (bicyclic) bond motifs is 1. The Labute approximate surface area is 173 Å². The summed E-state index contributed by atoms with van der Waals surface area (Å²) in [5.74, 6) is -0.206. The van der Waals surface area contributed by atoms with Gasteiger partial charge in [-0.25, -0.2) is 13.8 Å². The van der Waals surface area contributed by atoms with Gasteiger partial charge in [0, 0.05) is 25.5 Å². The van der Waals surface area contributed by atoms with Crippen LogP contribution < -0.4 is 9.64 Å². The van der Waals surface area contributed by atoms with Crippen LogP contribution in [-0.4, -0.2) is 24.5 Å². The molecule has 0 atom stereocenters.